The SMILES string of the molecule is Cc1ccc(-c2nnc(SCC(=O)NC(=O)Cc3ccccc3)n2-c2ccc(C)cc2)cc1. The summed E-state index contributed by atoms with van der Waals surface area (Å²) in [5, 5.41) is 11.8. The minimum atomic E-state index is -0.365. The second-order valence-corrected chi connectivity index (χ2v) is 8.71. The number of aryl methyl sites for hydroxylation is 2. The lowest BCUT2D eigenvalue weighted by molar-refractivity contribution is -0.128. The number of nitrogens with one attached hydrogen (secondary N) is 1. The smallest absolute Gasteiger partial charge is 0.237 e. The number of hydrogen-bond donors (Lipinski definition) is 1. The van der Waals surface area contributed by atoms with E-state index in [1.807, 2.05) is 97.3 Å². The molecule has 166 valence electrons. The van der Waals surface area contributed by atoms with Crippen LogP contribution in [0.15, 0.2) is 84.0 Å². The van der Waals surface area contributed by atoms with E-state index in [-0.39, 0.29) is 24.0 Å². The molecule has 0 aliphatic carbocycles. The first-order chi connectivity index (χ1) is 16.0. The molecule has 1 N–H and O–H groups in total. The molecule has 0 atom stereocenters. The summed E-state index contributed by atoms with van der Waals surface area (Å²) in [7, 11) is 0. The Morgan fingerprint density at radius 2 is 1.45 bits per heavy atom. The molecule has 1 aromatic heterocycles. The lowest BCUT2D eigenvalue weighted by Crippen LogP contribution is -2.33. The van der Waals surface area contributed by atoms with Gasteiger partial charge in [-0.2, -0.15) is 0 Å². The van der Waals surface area contributed by atoms with Crippen LogP contribution < -0.4 is 5.32 Å². The van der Waals surface area contributed by atoms with Gasteiger partial charge in [0.05, 0.1) is 12.2 Å². The van der Waals surface area contributed by atoms with Crippen molar-refractivity contribution in [1.82, 2.24) is 20.1 Å². The molecule has 1 heterocycles. The highest BCUT2D eigenvalue weighted by atomic mass is 32.2. The summed E-state index contributed by atoms with van der Waals surface area (Å²) in [6, 6.07) is 25.5. The van der Waals surface area contributed by atoms with E-state index in [2.05, 4.69) is 15.5 Å². The van der Waals surface area contributed by atoms with E-state index in [0.717, 1.165) is 27.9 Å². The zero-order valence-electron chi connectivity index (χ0n) is 18.5. The van der Waals surface area contributed by atoms with Gasteiger partial charge in [0.15, 0.2) is 11.0 Å². The van der Waals surface area contributed by atoms with E-state index in [0.29, 0.717) is 11.0 Å². The first kappa shape index (κ1) is 22.5. The highest BCUT2D eigenvalue weighted by molar-refractivity contribution is 7.99. The maximum Gasteiger partial charge on any atom is 0.237 e. The third-order valence-electron chi connectivity index (χ3n) is 5.05. The summed E-state index contributed by atoms with van der Waals surface area (Å²) in [4.78, 5) is 24.6. The van der Waals surface area contributed by atoms with Gasteiger partial charge in [0.25, 0.3) is 0 Å². The zero-order chi connectivity index (χ0) is 23.2. The maximum absolute atomic E-state index is 12.4. The van der Waals surface area contributed by atoms with E-state index in [9.17, 15) is 9.59 Å². The molecule has 0 bridgehead atoms. The third kappa shape index (κ3) is 5.75. The second kappa shape index (κ2) is 10.3. The molecule has 33 heavy (non-hydrogen) atoms. The molecule has 2 amide bonds. The fourth-order valence-corrected chi connectivity index (χ4v) is 4.08. The quantitative estimate of drug-likeness (QED) is 0.414. The fourth-order valence-electron chi connectivity index (χ4n) is 3.33. The van der Waals surface area contributed by atoms with Crippen molar-refractivity contribution < 1.29 is 9.59 Å². The van der Waals surface area contributed by atoms with Gasteiger partial charge < -0.3 is 0 Å². The number of benzene rings is 3. The van der Waals surface area contributed by atoms with Crippen LogP contribution in [0.5, 0.6) is 0 Å². The summed E-state index contributed by atoms with van der Waals surface area (Å²) >= 11 is 1.25. The maximum atomic E-state index is 12.4. The van der Waals surface area contributed by atoms with Crippen LogP contribution in [0.25, 0.3) is 17.1 Å². The summed E-state index contributed by atoms with van der Waals surface area (Å²) in [5.74, 6) is 0.0589. The Hall–Kier alpha value is -3.71. The van der Waals surface area contributed by atoms with Crippen LogP contribution in [-0.4, -0.2) is 32.3 Å². The number of imide groups is 1. The lowest BCUT2D eigenvalue weighted by atomic mass is 10.1. The predicted octanol–water partition coefficient (Wildman–Crippen LogP) is 4.53. The topological polar surface area (TPSA) is 76.9 Å². The van der Waals surface area contributed by atoms with Gasteiger partial charge in [-0.1, -0.05) is 89.6 Å². The monoisotopic (exact) mass is 456 g/mol. The zero-order valence-corrected chi connectivity index (χ0v) is 19.3. The molecule has 0 aliphatic heterocycles. The average molecular weight is 457 g/mol. The molecule has 0 spiro atoms. The number of rotatable bonds is 7. The summed E-state index contributed by atoms with van der Waals surface area (Å²) in [5.41, 5.74) is 5.00. The van der Waals surface area contributed by atoms with E-state index < -0.39 is 0 Å². The molecule has 0 unspecified atom stereocenters. The van der Waals surface area contributed by atoms with Crippen molar-refractivity contribution in [2.75, 3.05) is 5.75 Å². The van der Waals surface area contributed by atoms with Gasteiger partial charge >= 0.3 is 0 Å². The number of carbonyl (C=O) groups excluding carboxylic acids is 2. The predicted molar refractivity (Wildman–Crippen MR) is 130 cm³/mol. The van der Waals surface area contributed by atoms with Crippen LogP contribution in [-0.2, 0) is 16.0 Å². The van der Waals surface area contributed by atoms with Crippen LogP contribution >= 0.6 is 11.8 Å². The van der Waals surface area contributed by atoms with Crippen LogP contribution in [0, 0.1) is 13.8 Å². The van der Waals surface area contributed by atoms with Crippen molar-refractivity contribution in [3.63, 3.8) is 0 Å². The molecule has 0 saturated carbocycles. The van der Waals surface area contributed by atoms with Crippen molar-refractivity contribution in [3.8, 4) is 17.1 Å². The Labute approximate surface area is 197 Å². The molecule has 0 radical (unpaired) electrons. The first-order valence-corrected chi connectivity index (χ1v) is 11.6. The standard InChI is InChI=1S/C26H24N4O2S/c1-18-8-12-21(13-9-18)25-28-29-26(30(25)22-14-10-19(2)11-15-22)33-17-24(32)27-23(31)16-20-6-4-3-5-7-20/h3-15H,16-17H2,1-2H3,(H,27,31,32). The normalized spacial score (nSPS) is 10.7. The van der Waals surface area contributed by atoms with Gasteiger partial charge in [-0.25, -0.2) is 0 Å². The number of amides is 2. The van der Waals surface area contributed by atoms with E-state index in [4.69, 9.17) is 0 Å². The number of hydrogen-bond acceptors (Lipinski definition) is 5. The van der Waals surface area contributed by atoms with Crippen LogP contribution in [0.2, 0.25) is 0 Å². The van der Waals surface area contributed by atoms with Gasteiger partial charge in [-0.05, 0) is 31.5 Å². The van der Waals surface area contributed by atoms with Crippen molar-refractivity contribution in [2.45, 2.75) is 25.4 Å². The highest BCUT2D eigenvalue weighted by Crippen LogP contribution is 2.28. The van der Waals surface area contributed by atoms with Crippen molar-refractivity contribution in [3.05, 3.63) is 95.6 Å². The highest BCUT2D eigenvalue weighted by Gasteiger charge is 2.18. The average Bonchev–Trinajstić information content (AvgIpc) is 3.23. The molecular formula is C26H24N4O2S. The molecule has 0 fully saturated rings. The first-order valence-electron chi connectivity index (χ1n) is 10.6. The van der Waals surface area contributed by atoms with E-state index >= 15 is 0 Å². The minimum Gasteiger partial charge on any atom is -0.295 e. The van der Waals surface area contributed by atoms with Gasteiger partial charge in [0.2, 0.25) is 11.8 Å². The van der Waals surface area contributed by atoms with Gasteiger partial charge in [0, 0.05) is 11.3 Å². The Bertz CT molecular complexity index is 1250. The van der Waals surface area contributed by atoms with Gasteiger partial charge in [-0.15, -0.1) is 10.2 Å². The fraction of sp³-hybridized carbons (Fsp3) is 0.154. The largest absolute Gasteiger partial charge is 0.295 e. The van der Waals surface area contributed by atoms with E-state index in [1.54, 1.807) is 0 Å². The molecule has 3 aromatic carbocycles. The van der Waals surface area contributed by atoms with Crippen molar-refractivity contribution in [2.24, 2.45) is 0 Å². The summed E-state index contributed by atoms with van der Waals surface area (Å²) < 4.78 is 1.94. The molecular weight excluding hydrogens is 432 g/mol. The Morgan fingerprint density at radius 1 is 0.818 bits per heavy atom. The minimum absolute atomic E-state index is 0.0540. The molecule has 0 saturated heterocycles. The van der Waals surface area contributed by atoms with Gasteiger partial charge in [-0.3, -0.25) is 19.5 Å². The van der Waals surface area contributed by atoms with Crippen LogP contribution in [0.4, 0.5) is 0 Å². The van der Waals surface area contributed by atoms with Crippen LogP contribution in [0.1, 0.15) is 16.7 Å². The summed E-state index contributed by atoms with van der Waals surface area (Å²) in [6.45, 7) is 4.07. The molecule has 7 heteroatoms. The second-order valence-electron chi connectivity index (χ2n) is 7.77. The number of aromatic nitrogens is 3. The van der Waals surface area contributed by atoms with Crippen molar-refractivity contribution in [1.29, 1.82) is 0 Å². The Kier molecular flexibility index (Phi) is 7.00. The number of thioether (sulfide) groups is 1. The number of carbonyl (C=O) groups is 2. The van der Waals surface area contributed by atoms with Crippen molar-refractivity contribution >= 4 is 23.6 Å². The molecule has 0 aliphatic rings. The van der Waals surface area contributed by atoms with Crippen LogP contribution in [0.3, 0.4) is 0 Å². The third-order valence-corrected chi connectivity index (χ3v) is 5.98. The molecule has 6 nitrogen and oxygen atoms in total. The Morgan fingerprint density at radius 3 is 2.12 bits per heavy atom. The number of nitrogens with zero attached hydrogens (tertiary/aromatic N) is 3. The summed E-state index contributed by atoms with van der Waals surface area (Å²) in [6.07, 6.45) is 0.161. The van der Waals surface area contributed by atoms with E-state index in [1.165, 1.54) is 11.8 Å². The lowest BCUT2D eigenvalue weighted by Gasteiger charge is -2.11. The molecule has 4 aromatic rings. The Balaban J connectivity index is 1.51. The molecule has 4 rings (SSSR count). The van der Waals surface area contributed by atoms with Gasteiger partial charge in [0.1, 0.15) is 0 Å².